The van der Waals surface area contributed by atoms with Gasteiger partial charge in [0.05, 0.1) is 38.9 Å². The fraction of sp³-hybridized carbons (Fsp3) is 0.0164. The lowest BCUT2D eigenvalue weighted by Crippen LogP contribution is -2.28. The molecule has 0 radical (unpaired) electrons. The summed E-state index contributed by atoms with van der Waals surface area (Å²) in [5.74, 6) is 0. The quantitative estimate of drug-likeness (QED) is 0.157. The molecule has 8 aromatic carbocycles. The van der Waals surface area contributed by atoms with Crippen LogP contribution in [0.1, 0.15) is 22.3 Å². The van der Waals surface area contributed by atoms with Crippen molar-refractivity contribution >= 4 is 43.6 Å². The molecule has 4 heteroatoms. The van der Waals surface area contributed by atoms with E-state index in [1.807, 2.05) is 12.4 Å². The van der Waals surface area contributed by atoms with Gasteiger partial charge in [0.15, 0.2) is 0 Å². The van der Waals surface area contributed by atoms with E-state index in [1.54, 1.807) is 0 Å². The van der Waals surface area contributed by atoms with Gasteiger partial charge >= 0.3 is 0 Å². The number of benzene rings is 8. The average molecular weight is 827 g/mol. The van der Waals surface area contributed by atoms with E-state index in [9.17, 15) is 0 Å². The van der Waals surface area contributed by atoms with Crippen molar-refractivity contribution in [3.05, 3.63) is 253 Å². The maximum Gasteiger partial charge on any atom is 0.0972 e. The molecular formula is C61H38N4. The van der Waals surface area contributed by atoms with Crippen LogP contribution >= 0.6 is 0 Å². The van der Waals surface area contributed by atoms with Gasteiger partial charge in [0, 0.05) is 45.1 Å². The van der Waals surface area contributed by atoms with Crippen LogP contribution < -0.4 is 0 Å². The van der Waals surface area contributed by atoms with E-state index in [0.29, 0.717) is 0 Å². The number of nitrogens with zero attached hydrogens (tertiary/aromatic N) is 4. The lowest BCUT2D eigenvalue weighted by Gasteiger charge is -2.34. The highest BCUT2D eigenvalue weighted by Crippen LogP contribution is 2.56. The monoisotopic (exact) mass is 826 g/mol. The third-order valence-electron chi connectivity index (χ3n) is 13.5. The highest BCUT2D eigenvalue weighted by molar-refractivity contribution is 6.09. The first kappa shape index (κ1) is 37.0. The van der Waals surface area contributed by atoms with Crippen molar-refractivity contribution in [2.45, 2.75) is 5.41 Å². The molecule has 0 saturated heterocycles. The predicted molar refractivity (Wildman–Crippen MR) is 267 cm³/mol. The standard InChI is InChI=1S/C61H38N4/c1-3-11-39(12-4-1)47-35-37-62-59-51(47)31-23-43-25-33-55(64-57(43)59)41-19-27-45(28-20-41)61(53-17-9-7-15-49(53)50-16-8-10-18-54(50)61)46-29-21-42(22-30-46)56-34-26-44-24-32-52-48(40-13-5-2-6-14-40)36-38-63-60(52)58(44)65-56/h1-38H. The molecule has 0 N–H and O–H groups in total. The van der Waals surface area contributed by atoms with Gasteiger partial charge in [-0.3, -0.25) is 9.97 Å². The van der Waals surface area contributed by atoms with Gasteiger partial charge in [-0.05, 0) is 79.9 Å². The molecule has 0 amide bonds. The molecule has 0 aliphatic heterocycles. The Bertz CT molecular complexity index is 3550. The van der Waals surface area contributed by atoms with Crippen LogP contribution in [0.5, 0.6) is 0 Å². The van der Waals surface area contributed by atoms with Crippen molar-refractivity contribution in [3.63, 3.8) is 0 Å². The molecule has 1 aliphatic carbocycles. The zero-order chi connectivity index (χ0) is 42.9. The summed E-state index contributed by atoms with van der Waals surface area (Å²) < 4.78 is 0. The molecule has 0 bridgehead atoms. The fourth-order valence-corrected chi connectivity index (χ4v) is 10.5. The number of pyridine rings is 4. The molecule has 0 fully saturated rings. The predicted octanol–water partition coefficient (Wildman–Crippen LogP) is 14.9. The fourth-order valence-electron chi connectivity index (χ4n) is 10.5. The van der Waals surface area contributed by atoms with Gasteiger partial charge in [0.25, 0.3) is 0 Å². The number of hydrogen-bond donors (Lipinski definition) is 0. The number of hydrogen-bond acceptors (Lipinski definition) is 4. The molecular weight excluding hydrogens is 789 g/mol. The second-order valence-electron chi connectivity index (χ2n) is 16.9. The van der Waals surface area contributed by atoms with Crippen LogP contribution in [0.2, 0.25) is 0 Å². The smallest absolute Gasteiger partial charge is 0.0972 e. The van der Waals surface area contributed by atoms with E-state index in [-0.39, 0.29) is 0 Å². The van der Waals surface area contributed by atoms with Gasteiger partial charge in [0.1, 0.15) is 0 Å². The molecule has 13 rings (SSSR count). The first-order chi connectivity index (χ1) is 32.2. The van der Waals surface area contributed by atoms with Crippen LogP contribution in [0.15, 0.2) is 231 Å². The van der Waals surface area contributed by atoms with Crippen LogP contribution in [0.25, 0.3) is 99.5 Å². The van der Waals surface area contributed by atoms with Gasteiger partial charge in [-0.25, -0.2) is 9.97 Å². The Balaban J connectivity index is 0.921. The van der Waals surface area contributed by atoms with E-state index in [0.717, 1.165) is 77.3 Å². The van der Waals surface area contributed by atoms with E-state index in [4.69, 9.17) is 19.9 Å². The van der Waals surface area contributed by atoms with Crippen LogP contribution in [-0.2, 0) is 5.41 Å². The molecule has 0 saturated carbocycles. The summed E-state index contributed by atoms with van der Waals surface area (Å²) in [7, 11) is 0. The number of aromatic nitrogens is 4. The first-order valence-electron chi connectivity index (χ1n) is 22.1. The Labute approximate surface area is 376 Å². The molecule has 4 aromatic heterocycles. The van der Waals surface area contributed by atoms with Crippen LogP contribution in [-0.4, -0.2) is 19.9 Å². The minimum Gasteiger partial charge on any atom is -0.254 e. The molecule has 0 unspecified atom stereocenters. The summed E-state index contributed by atoms with van der Waals surface area (Å²) in [6.07, 6.45) is 3.80. The van der Waals surface area contributed by atoms with Crippen molar-refractivity contribution in [3.8, 4) is 55.9 Å². The maximum absolute atomic E-state index is 5.30. The van der Waals surface area contributed by atoms with Gasteiger partial charge < -0.3 is 0 Å². The summed E-state index contributed by atoms with van der Waals surface area (Å²) in [6.45, 7) is 0. The Kier molecular flexibility index (Phi) is 8.40. The molecule has 65 heavy (non-hydrogen) atoms. The zero-order valence-electron chi connectivity index (χ0n) is 35.2. The number of rotatable bonds is 6. The summed E-state index contributed by atoms with van der Waals surface area (Å²) in [6, 6.07) is 78.4. The maximum atomic E-state index is 5.30. The number of fused-ring (bicyclic) bond motifs is 9. The molecule has 4 heterocycles. The second kappa shape index (κ2) is 14.8. The molecule has 1 aliphatic rings. The summed E-state index contributed by atoms with van der Waals surface area (Å²) in [5.41, 5.74) is 19.1. The first-order valence-corrected chi connectivity index (χ1v) is 22.1. The Morgan fingerprint density at radius 3 is 1.12 bits per heavy atom. The summed E-state index contributed by atoms with van der Waals surface area (Å²) in [5, 5.41) is 4.32. The lowest BCUT2D eigenvalue weighted by atomic mass is 9.67. The minimum absolute atomic E-state index is 0.556. The average Bonchev–Trinajstić information content (AvgIpc) is 3.69. The molecule has 4 nitrogen and oxygen atoms in total. The molecule has 12 aromatic rings. The van der Waals surface area contributed by atoms with Crippen molar-refractivity contribution in [1.82, 2.24) is 19.9 Å². The van der Waals surface area contributed by atoms with Gasteiger partial charge in [0.2, 0.25) is 0 Å². The van der Waals surface area contributed by atoms with Crippen LogP contribution in [0, 0.1) is 0 Å². The van der Waals surface area contributed by atoms with Gasteiger partial charge in [-0.15, -0.1) is 0 Å². The Morgan fingerprint density at radius 1 is 0.277 bits per heavy atom. The largest absolute Gasteiger partial charge is 0.254 e. The third-order valence-corrected chi connectivity index (χ3v) is 13.5. The Hall–Kier alpha value is -8.60. The Morgan fingerprint density at radius 2 is 0.677 bits per heavy atom. The van der Waals surface area contributed by atoms with Gasteiger partial charge in [-0.2, -0.15) is 0 Å². The van der Waals surface area contributed by atoms with Gasteiger partial charge in [-0.1, -0.05) is 194 Å². The second-order valence-corrected chi connectivity index (χ2v) is 16.9. The molecule has 0 atom stereocenters. The SMILES string of the molecule is c1ccc(-c2ccnc3c2ccc2ccc(-c4ccc(C5(c6ccc(-c7ccc8ccc9c(-c%10ccccc%10)ccnc9c8n7)cc6)c6ccccc6-c6ccccc65)cc4)nc23)cc1. The van der Waals surface area contributed by atoms with Crippen LogP contribution in [0.4, 0.5) is 0 Å². The van der Waals surface area contributed by atoms with Crippen molar-refractivity contribution in [2.75, 3.05) is 0 Å². The summed E-state index contributed by atoms with van der Waals surface area (Å²) in [4.78, 5) is 20.4. The van der Waals surface area contributed by atoms with E-state index in [1.165, 1.54) is 44.5 Å². The van der Waals surface area contributed by atoms with E-state index >= 15 is 0 Å². The van der Waals surface area contributed by atoms with Crippen molar-refractivity contribution in [1.29, 1.82) is 0 Å². The lowest BCUT2D eigenvalue weighted by molar-refractivity contribution is 0.768. The molecule has 0 spiro atoms. The zero-order valence-corrected chi connectivity index (χ0v) is 35.2. The van der Waals surface area contributed by atoms with Crippen LogP contribution in [0.3, 0.4) is 0 Å². The summed E-state index contributed by atoms with van der Waals surface area (Å²) >= 11 is 0. The van der Waals surface area contributed by atoms with Crippen molar-refractivity contribution in [2.24, 2.45) is 0 Å². The normalized spacial score (nSPS) is 12.7. The van der Waals surface area contributed by atoms with E-state index in [2.05, 4.69) is 218 Å². The molecule has 302 valence electrons. The van der Waals surface area contributed by atoms with Crippen molar-refractivity contribution < 1.29 is 0 Å². The highest BCUT2D eigenvalue weighted by Gasteiger charge is 2.45. The third kappa shape index (κ3) is 5.77. The topological polar surface area (TPSA) is 51.6 Å². The minimum atomic E-state index is -0.556. The highest BCUT2D eigenvalue weighted by atomic mass is 14.8. The van der Waals surface area contributed by atoms with E-state index < -0.39 is 5.41 Å².